The van der Waals surface area contributed by atoms with Crippen LogP contribution in [0.2, 0.25) is 0 Å². The van der Waals surface area contributed by atoms with E-state index in [1.807, 2.05) is 6.08 Å². The first-order valence-corrected chi connectivity index (χ1v) is 11.1. The van der Waals surface area contributed by atoms with Crippen LogP contribution in [-0.2, 0) is 4.79 Å². The Morgan fingerprint density at radius 3 is 2.57 bits per heavy atom. The number of amides is 2. The Bertz CT molecular complexity index is 991. The van der Waals surface area contributed by atoms with E-state index in [0.29, 0.717) is 16.7 Å². The lowest BCUT2D eigenvalue weighted by Crippen LogP contribution is -2.32. The first kappa shape index (κ1) is 20.7. The van der Waals surface area contributed by atoms with E-state index in [9.17, 15) is 14.0 Å². The Balaban J connectivity index is 1.44. The number of rotatable bonds is 6. The molecule has 0 bridgehead atoms. The van der Waals surface area contributed by atoms with E-state index in [2.05, 4.69) is 24.5 Å². The van der Waals surface area contributed by atoms with Crippen molar-refractivity contribution in [3.8, 4) is 5.75 Å². The summed E-state index contributed by atoms with van der Waals surface area (Å²) in [6.45, 7) is 4.49. The van der Waals surface area contributed by atoms with Crippen molar-refractivity contribution in [1.29, 1.82) is 0 Å². The maximum Gasteiger partial charge on any atom is 0.293 e. The van der Waals surface area contributed by atoms with E-state index in [1.165, 1.54) is 60.5 Å². The topological polar surface area (TPSA) is 51.5 Å². The fourth-order valence-corrected chi connectivity index (χ4v) is 5.15. The van der Waals surface area contributed by atoms with Crippen molar-refractivity contribution in [3.63, 3.8) is 0 Å². The number of benzene rings is 1. The molecule has 2 fully saturated rings. The summed E-state index contributed by atoms with van der Waals surface area (Å²) in [5.74, 6) is -0.137. The maximum absolute atomic E-state index is 13.0. The van der Waals surface area contributed by atoms with Gasteiger partial charge in [-0.05, 0) is 80.4 Å². The zero-order chi connectivity index (χ0) is 21.3. The molecule has 158 valence electrons. The lowest BCUT2D eigenvalue weighted by Gasteiger charge is -2.17. The van der Waals surface area contributed by atoms with Crippen molar-refractivity contribution >= 4 is 29.0 Å². The van der Waals surface area contributed by atoms with Crippen molar-refractivity contribution in [1.82, 2.24) is 9.47 Å². The third-order valence-electron chi connectivity index (χ3n) is 5.77. The number of hydrogen-bond donors (Lipinski definition) is 0. The van der Waals surface area contributed by atoms with Crippen LogP contribution in [0.1, 0.15) is 48.7 Å². The second-order valence-corrected chi connectivity index (χ2v) is 8.76. The monoisotopic (exact) mass is 428 g/mol. The van der Waals surface area contributed by atoms with E-state index < -0.39 is 0 Å². The highest BCUT2D eigenvalue weighted by Gasteiger charge is 2.35. The van der Waals surface area contributed by atoms with Crippen molar-refractivity contribution in [2.75, 3.05) is 13.2 Å². The molecule has 0 atom stereocenters. The van der Waals surface area contributed by atoms with Gasteiger partial charge in [-0.1, -0.05) is 12.8 Å². The highest BCUT2D eigenvalue weighted by atomic mass is 32.2. The average Bonchev–Trinajstić information content (AvgIpc) is 3.39. The van der Waals surface area contributed by atoms with Crippen LogP contribution in [-0.4, -0.2) is 33.8 Å². The third-order valence-corrected chi connectivity index (χ3v) is 6.68. The second-order valence-electron chi connectivity index (χ2n) is 7.77. The van der Waals surface area contributed by atoms with Gasteiger partial charge in [-0.15, -0.1) is 0 Å². The Labute approximate surface area is 179 Å². The molecule has 0 N–H and O–H groups in total. The normalized spacial score (nSPS) is 18.8. The van der Waals surface area contributed by atoms with Crippen LogP contribution in [0.5, 0.6) is 5.75 Å². The van der Waals surface area contributed by atoms with Gasteiger partial charge in [0, 0.05) is 17.4 Å². The van der Waals surface area contributed by atoms with Gasteiger partial charge in [0.15, 0.2) is 0 Å². The fraction of sp³-hybridized carbons (Fsp3) is 0.391. The smallest absolute Gasteiger partial charge is 0.293 e. The molecule has 1 aliphatic carbocycles. The van der Waals surface area contributed by atoms with Crippen LogP contribution in [0.25, 0.3) is 6.08 Å². The molecule has 2 heterocycles. The lowest BCUT2D eigenvalue weighted by molar-refractivity contribution is -0.123. The quantitative estimate of drug-likeness (QED) is 0.572. The summed E-state index contributed by atoms with van der Waals surface area (Å²) in [6.07, 6.45) is 6.74. The van der Waals surface area contributed by atoms with Crippen molar-refractivity contribution in [2.24, 2.45) is 0 Å². The summed E-state index contributed by atoms with van der Waals surface area (Å²) in [6, 6.07) is 8.28. The number of carbonyl (C=O) groups excluding carboxylic acids is 2. The van der Waals surface area contributed by atoms with Crippen molar-refractivity contribution in [2.45, 2.75) is 45.6 Å². The molecule has 1 aromatic carbocycles. The van der Waals surface area contributed by atoms with Gasteiger partial charge in [0.25, 0.3) is 11.1 Å². The van der Waals surface area contributed by atoms with Crippen LogP contribution in [0.3, 0.4) is 0 Å². The number of aryl methyl sites for hydroxylation is 1. The molecule has 4 rings (SSSR count). The number of thioether (sulfide) groups is 1. The highest BCUT2D eigenvalue weighted by molar-refractivity contribution is 8.18. The van der Waals surface area contributed by atoms with Crippen LogP contribution < -0.4 is 4.74 Å². The van der Waals surface area contributed by atoms with Gasteiger partial charge in [-0.3, -0.25) is 14.5 Å². The molecule has 2 amide bonds. The van der Waals surface area contributed by atoms with Crippen molar-refractivity contribution < 1.29 is 18.7 Å². The van der Waals surface area contributed by atoms with Gasteiger partial charge in [0.2, 0.25) is 0 Å². The number of ether oxygens (including phenoxy) is 1. The van der Waals surface area contributed by atoms with E-state index in [4.69, 9.17) is 4.74 Å². The Hall–Kier alpha value is -2.54. The van der Waals surface area contributed by atoms with Gasteiger partial charge in [0.05, 0.1) is 11.4 Å². The highest BCUT2D eigenvalue weighted by Crippen LogP contribution is 2.36. The summed E-state index contributed by atoms with van der Waals surface area (Å²) >= 11 is 0.965. The molecule has 30 heavy (non-hydrogen) atoms. The number of halogens is 1. The molecule has 2 aromatic rings. The summed E-state index contributed by atoms with van der Waals surface area (Å²) in [5, 5.41) is -0.293. The van der Waals surface area contributed by atoms with Crippen LogP contribution in [0, 0.1) is 19.7 Å². The predicted molar refractivity (Wildman–Crippen MR) is 116 cm³/mol. The largest absolute Gasteiger partial charge is 0.492 e. The molecule has 1 saturated carbocycles. The Morgan fingerprint density at radius 1 is 1.17 bits per heavy atom. The molecule has 0 radical (unpaired) electrons. The molecule has 0 spiro atoms. The maximum atomic E-state index is 13.0. The molecule has 1 aromatic heterocycles. The fourth-order valence-electron chi connectivity index (χ4n) is 4.29. The zero-order valence-electron chi connectivity index (χ0n) is 17.2. The van der Waals surface area contributed by atoms with Gasteiger partial charge in [-0.25, -0.2) is 4.39 Å². The van der Waals surface area contributed by atoms with E-state index in [1.54, 1.807) is 0 Å². The van der Waals surface area contributed by atoms with Crippen molar-refractivity contribution in [3.05, 3.63) is 58.0 Å². The zero-order valence-corrected chi connectivity index (χ0v) is 18.0. The summed E-state index contributed by atoms with van der Waals surface area (Å²) in [4.78, 5) is 26.8. The van der Waals surface area contributed by atoms with E-state index in [0.717, 1.165) is 23.0 Å². The first-order valence-electron chi connectivity index (χ1n) is 10.3. The average molecular weight is 429 g/mol. The van der Waals surface area contributed by atoms with Gasteiger partial charge >= 0.3 is 0 Å². The van der Waals surface area contributed by atoms with E-state index in [-0.39, 0.29) is 30.1 Å². The van der Waals surface area contributed by atoms with Crippen LogP contribution in [0.15, 0.2) is 35.2 Å². The number of imide groups is 1. The number of hydrogen-bond acceptors (Lipinski definition) is 4. The minimum absolute atomic E-state index is 0.153. The molecule has 7 heteroatoms. The Morgan fingerprint density at radius 2 is 1.87 bits per heavy atom. The standard InChI is InChI=1S/C23H25FN2O3S/c1-15-13-17(16(2)26(15)19-5-3-4-6-19)14-21-22(27)25(23(28)30-21)11-12-29-20-9-7-18(24)8-10-20/h7-10,13-14,19H,3-6,11-12H2,1-2H3/b21-14-. The molecular formula is C23H25FN2O3S. The molecule has 0 unspecified atom stereocenters. The molecule has 5 nitrogen and oxygen atoms in total. The Kier molecular flexibility index (Phi) is 5.99. The number of carbonyl (C=O) groups is 2. The molecule has 2 aliphatic rings. The number of nitrogens with zero attached hydrogens (tertiary/aromatic N) is 2. The third kappa shape index (κ3) is 4.17. The summed E-state index contributed by atoms with van der Waals surface area (Å²) < 4.78 is 20.9. The minimum atomic E-state index is -0.342. The van der Waals surface area contributed by atoms with Gasteiger partial charge < -0.3 is 9.30 Å². The lowest BCUT2D eigenvalue weighted by atomic mass is 10.2. The molecule has 1 aliphatic heterocycles. The molecule has 1 saturated heterocycles. The summed E-state index contributed by atoms with van der Waals surface area (Å²) in [7, 11) is 0. The first-order chi connectivity index (χ1) is 14.4. The predicted octanol–water partition coefficient (Wildman–Crippen LogP) is 5.47. The molecular weight excluding hydrogens is 403 g/mol. The SMILES string of the molecule is Cc1cc(/C=C2\SC(=O)N(CCOc3ccc(F)cc3)C2=O)c(C)n1C1CCCC1. The van der Waals surface area contributed by atoms with Gasteiger partial charge in [-0.2, -0.15) is 0 Å². The van der Waals surface area contributed by atoms with Crippen LogP contribution in [0.4, 0.5) is 9.18 Å². The van der Waals surface area contributed by atoms with E-state index >= 15 is 0 Å². The van der Waals surface area contributed by atoms with Gasteiger partial charge in [0.1, 0.15) is 18.2 Å². The number of aromatic nitrogens is 1. The minimum Gasteiger partial charge on any atom is -0.492 e. The second kappa shape index (κ2) is 8.68. The van der Waals surface area contributed by atoms with Crippen LogP contribution >= 0.6 is 11.8 Å². The summed E-state index contributed by atoms with van der Waals surface area (Å²) in [5.41, 5.74) is 3.33.